The molecule has 1 aliphatic heterocycles. The van der Waals surface area contributed by atoms with Gasteiger partial charge in [0.25, 0.3) is 0 Å². The van der Waals surface area contributed by atoms with Gasteiger partial charge in [-0.2, -0.15) is 0 Å². The highest BCUT2D eigenvalue weighted by molar-refractivity contribution is 5.69. The van der Waals surface area contributed by atoms with E-state index < -0.39 is 0 Å². The largest absolute Gasteiger partial charge is 0.469 e. The molecule has 4 heteroatoms. The molecular formula is C13H26N2O2. The smallest absolute Gasteiger partial charge is 0.305 e. The standard InChI is InChI=1S/C13H26N2O2/c1-3-14-10-12-6-4-8-15(11-12)9-5-7-13(16)17-2/h12,14H,3-11H2,1-2H3. The van der Waals surface area contributed by atoms with Crippen molar-refractivity contribution in [3.63, 3.8) is 0 Å². The van der Waals surface area contributed by atoms with Gasteiger partial charge in [-0.25, -0.2) is 0 Å². The van der Waals surface area contributed by atoms with Gasteiger partial charge in [-0.1, -0.05) is 6.92 Å². The second-order valence-electron chi connectivity index (χ2n) is 4.80. The fourth-order valence-corrected chi connectivity index (χ4v) is 2.42. The summed E-state index contributed by atoms with van der Waals surface area (Å²) in [7, 11) is 1.45. The van der Waals surface area contributed by atoms with Crippen LogP contribution in [0.5, 0.6) is 0 Å². The van der Waals surface area contributed by atoms with Gasteiger partial charge in [0.1, 0.15) is 0 Å². The summed E-state index contributed by atoms with van der Waals surface area (Å²) in [5, 5.41) is 3.42. The summed E-state index contributed by atoms with van der Waals surface area (Å²) in [5.41, 5.74) is 0. The maximum Gasteiger partial charge on any atom is 0.305 e. The van der Waals surface area contributed by atoms with Crippen LogP contribution in [0.25, 0.3) is 0 Å². The molecule has 1 saturated heterocycles. The van der Waals surface area contributed by atoms with Gasteiger partial charge < -0.3 is 15.0 Å². The Hall–Kier alpha value is -0.610. The molecule has 0 saturated carbocycles. The monoisotopic (exact) mass is 242 g/mol. The maximum atomic E-state index is 11.0. The summed E-state index contributed by atoms with van der Waals surface area (Å²) < 4.78 is 4.65. The highest BCUT2D eigenvalue weighted by Crippen LogP contribution is 2.16. The van der Waals surface area contributed by atoms with Gasteiger partial charge in [-0.15, -0.1) is 0 Å². The molecule has 4 nitrogen and oxygen atoms in total. The Morgan fingerprint density at radius 3 is 3.06 bits per heavy atom. The Bertz CT molecular complexity index is 221. The zero-order valence-corrected chi connectivity index (χ0v) is 11.2. The minimum atomic E-state index is -0.0915. The van der Waals surface area contributed by atoms with E-state index in [1.165, 1.54) is 33.0 Å². The maximum absolute atomic E-state index is 11.0. The molecule has 0 aliphatic carbocycles. The lowest BCUT2D eigenvalue weighted by Crippen LogP contribution is -2.40. The Balaban J connectivity index is 2.13. The van der Waals surface area contributed by atoms with E-state index in [1.807, 2.05) is 0 Å². The zero-order valence-electron chi connectivity index (χ0n) is 11.2. The van der Waals surface area contributed by atoms with Gasteiger partial charge in [-0.05, 0) is 51.4 Å². The third-order valence-corrected chi connectivity index (χ3v) is 3.37. The number of rotatable bonds is 7. The molecule has 1 aliphatic rings. The van der Waals surface area contributed by atoms with Gasteiger partial charge in [0.2, 0.25) is 0 Å². The van der Waals surface area contributed by atoms with E-state index >= 15 is 0 Å². The molecule has 1 fully saturated rings. The van der Waals surface area contributed by atoms with Crippen LogP contribution in [0.2, 0.25) is 0 Å². The van der Waals surface area contributed by atoms with E-state index in [9.17, 15) is 4.79 Å². The summed E-state index contributed by atoms with van der Waals surface area (Å²) in [4.78, 5) is 13.5. The van der Waals surface area contributed by atoms with Crippen molar-refractivity contribution in [2.24, 2.45) is 5.92 Å². The summed E-state index contributed by atoms with van der Waals surface area (Å²) in [6.07, 6.45) is 4.08. The molecule has 0 bridgehead atoms. The number of methoxy groups -OCH3 is 1. The lowest BCUT2D eigenvalue weighted by atomic mass is 9.98. The lowest BCUT2D eigenvalue weighted by Gasteiger charge is -2.32. The van der Waals surface area contributed by atoms with E-state index in [4.69, 9.17) is 0 Å². The number of esters is 1. The number of nitrogens with zero attached hydrogens (tertiary/aromatic N) is 1. The third kappa shape index (κ3) is 6.03. The average molecular weight is 242 g/mol. The molecule has 1 N–H and O–H groups in total. The Morgan fingerprint density at radius 2 is 2.35 bits per heavy atom. The molecule has 1 atom stereocenters. The molecule has 0 aromatic rings. The molecule has 0 spiro atoms. The number of carbonyl (C=O) groups is 1. The van der Waals surface area contributed by atoms with Crippen LogP contribution in [0.1, 0.15) is 32.6 Å². The number of hydrogen-bond donors (Lipinski definition) is 1. The van der Waals surface area contributed by atoms with E-state index in [1.54, 1.807) is 0 Å². The van der Waals surface area contributed by atoms with E-state index in [2.05, 4.69) is 21.9 Å². The zero-order chi connectivity index (χ0) is 12.5. The predicted molar refractivity (Wildman–Crippen MR) is 69.0 cm³/mol. The summed E-state index contributed by atoms with van der Waals surface area (Å²) in [5.74, 6) is 0.688. The van der Waals surface area contributed by atoms with Crippen LogP contribution in [-0.4, -0.2) is 50.7 Å². The van der Waals surface area contributed by atoms with Crippen LogP contribution in [0.15, 0.2) is 0 Å². The van der Waals surface area contributed by atoms with Crippen LogP contribution in [-0.2, 0) is 9.53 Å². The fraction of sp³-hybridized carbons (Fsp3) is 0.923. The Kier molecular flexibility index (Phi) is 7.21. The van der Waals surface area contributed by atoms with Crippen molar-refractivity contribution < 1.29 is 9.53 Å². The minimum absolute atomic E-state index is 0.0915. The molecule has 0 aromatic heterocycles. The van der Waals surface area contributed by atoms with Crippen molar-refractivity contribution in [3.8, 4) is 0 Å². The molecule has 1 rings (SSSR count). The minimum Gasteiger partial charge on any atom is -0.469 e. The molecule has 17 heavy (non-hydrogen) atoms. The second-order valence-corrected chi connectivity index (χ2v) is 4.80. The predicted octanol–water partition coefficient (Wildman–Crippen LogP) is 1.26. The van der Waals surface area contributed by atoms with Crippen molar-refractivity contribution in [2.45, 2.75) is 32.6 Å². The van der Waals surface area contributed by atoms with Crippen molar-refractivity contribution in [1.29, 1.82) is 0 Å². The number of nitrogens with one attached hydrogen (secondary N) is 1. The molecule has 100 valence electrons. The number of likely N-dealkylation sites (tertiary alicyclic amines) is 1. The quantitative estimate of drug-likeness (QED) is 0.683. The summed E-state index contributed by atoms with van der Waals surface area (Å²) in [6.45, 7) is 7.72. The van der Waals surface area contributed by atoms with Gasteiger partial charge >= 0.3 is 5.97 Å². The molecular weight excluding hydrogens is 216 g/mol. The number of piperidine rings is 1. The molecule has 0 radical (unpaired) electrons. The second kappa shape index (κ2) is 8.48. The van der Waals surface area contributed by atoms with Gasteiger partial charge in [0, 0.05) is 13.0 Å². The molecule has 1 unspecified atom stereocenters. The first-order valence-corrected chi connectivity index (χ1v) is 6.76. The highest BCUT2D eigenvalue weighted by atomic mass is 16.5. The van der Waals surface area contributed by atoms with E-state index in [0.29, 0.717) is 6.42 Å². The van der Waals surface area contributed by atoms with E-state index in [0.717, 1.165) is 32.0 Å². The molecule has 0 amide bonds. The number of hydrogen-bond acceptors (Lipinski definition) is 4. The SMILES string of the molecule is CCNCC1CCCN(CCCC(=O)OC)C1. The van der Waals surface area contributed by atoms with Crippen LogP contribution < -0.4 is 5.32 Å². The van der Waals surface area contributed by atoms with Crippen LogP contribution >= 0.6 is 0 Å². The van der Waals surface area contributed by atoms with Crippen LogP contribution in [0.3, 0.4) is 0 Å². The van der Waals surface area contributed by atoms with Gasteiger partial charge in [0.05, 0.1) is 7.11 Å². The van der Waals surface area contributed by atoms with Crippen molar-refractivity contribution in [1.82, 2.24) is 10.2 Å². The van der Waals surface area contributed by atoms with Gasteiger partial charge in [0.15, 0.2) is 0 Å². The third-order valence-electron chi connectivity index (χ3n) is 3.37. The first kappa shape index (κ1) is 14.5. The fourth-order valence-electron chi connectivity index (χ4n) is 2.42. The highest BCUT2D eigenvalue weighted by Gasteiger charge is 2.19. The van der Waals surface area contributed by atoms with Crippen LogP contribution in [0.4, 0.5) is 0 Å². The van der Waals surface area contributed by atoms with E-state index in [-0.39, 0.29) is 5.97 Å². The first-order valence-electron chi connectivity index (χ1n) is 6.76. The lowest BCUT2D eigenvalue weighted by molar-refractivity contribution is -0.140. The normalized spacial score (nSPS) is 21.4. The number of carbonyl (C=O) groups excluding carboxylic acids is 1. The topological polar surface area (TPSA) is 41.6 Å². The average Bonchev–Trinajstić information content (AvgIpc) is 2.36. The molecule has 0 aromatic carbocycles. The number of ether oxygens (including phenoxy) is 1. The Labute approximate surface area is 105 Å². The Morgan fingerprint density at radius 1 is 1.53 bits per heavy atom. The van der Waals surface area contributed by atoms with Gasteiger partial charge in [-0.3, -0.25) is 4.79 Å². The first-order chi connectivity index (χ1) is 8.26. The van der Waals surface area contributed by atoms with Crippen LogP contribution in [0, 0.1) is 5.92 Å². The van der Waals surface area contributed by atoms with Crippen molar-refractivity contribution >= 4 is 5.97 Å². The molecule has 1 heterocycles. The van der Waals surface area contributed by atoms with Crippen molar-refractivity contribution in [3.05, 3.63) is 0 Å². The summed E-state index contributed by atoms with van der Waals surface area (Å²) in [6, 6.07) is 0. The van der Waals surface area contributed by atoms with Crippen molar-refractivity contribution in [2.75, 3.05) is 39.8 Å². The summed E-state index contributed by atoms with van der Waals surface area (Å²) >= 11 is 0.